The van der Waals surface area contributed by atoms with E-state index in [0.29, 0.717) is 21.9 Å². The molecule has 1 N–H and O–H groups in total. The standard InChI is InChI=1S/C16H14ClFO3/c1-21-15-7-6-13(18)8-11(15)9-14(16(19)20)10-2-4-12(17)5-3-10/h2-8,14H,9H2,1H3,(H,19,20). The van der Waals surface area contributed by atoms with Crippen LogP contribution in [-0.2, 0) is 11.2 Å². The van der Waals surface area contributed by atoms with Crippen molar-refractivity contribution in [2.45, 2.75) is 12.3 Å². The molecule has 0 aliphatic heterocycles. The van der Waals surface area contributed by atoms with Gasteiger partial charge in [0.05, 0.1) is 13.0 Å². The van der Waals surface area contributed by atoms with Crippen LogP contribution in [0.4, 0.5) is 4.39 Å². The fourth-order valence-electron chi connectivity index (χ4n) is 2.17. The minimum absolute atomic E-state index is 0.137. The SMILES string of the molecule is COc1ccc(F)cc1CC(C(=O)O)c1ccc(Cl)cc1. The minimum Gasteiger partial charge on any atom is -0.496 e. The third kappa shape index (κ3) is 3.73. The van der Waals surface area contributed by atoms with Crippen LogP contribution in [0.25, 0.3) is 0 Å². The molecule has 0 fully saturated rings. The van der Waals surface area contributed by atoms with Gasteiger partial charge in [0.15, 0.2) is 0 Å². The second kappa shape index (κ2) is 6.59. The van der Waals surface area contributed by atoms with Crippen molar-refractivity contribution in [1.82, 2.24) is 0 Å². The molecule has 110 valence electrons. The monoisotopic (exact) mass is 308 g/mol. The Kier molecular flexibility index (Phi) is 4.81. The van der Waals surface area contributed by atoms with E-state index in [1.165, 1.54) is 25.3 Å². The summed E-state index contributed by atoms with van der Waals surface area (Å²) in [4.78, 5) is 11.5. The maximum Gasteiger partial charge on any atom is 0.311 e. The number of carboxylic acid groups (broad SMARTS) is 1. The highest BCUT2D eigenvalue weighted by molar-refractivity contribution is 6.30. The summed E-state index contributed by atoms with van der Waals surface area (Å²) in [6.45, 7) is 0. The van der Waals surface area contributed by atoms with E-state index in [0.717, 1.165) is 0 Å². The highest BCUT2D eigenvalue weighted by Crippen LogP contribution is 2.28. The molecular formula is C16H14ClFO3. The highest BCUT2D eigenvalue weighted by atomic mass is 35.5. The summed E-state index contributed by atoms with van der Waals surface area (Å²) >= 11 is 5.81. The van der Waals surface area contributed by atoms with Crippen LogP contribution in [0.3, 0.4) is 0 Å². The van der Waals surface area contributed by atoms with Gasteiger partial charge in [-0.3, -0.25) is 4.79 Å². The van der Waals surface area contributed by atoms with Gasteiger partial charge in [0.1, 0.15) is 11.6 Å². The second-order valence-electron chi connectivity index (χ2n) is 4.60. The number of halogens is 2. The largest absolute Gasteiger partial charge is 0.496 e. The van der Waals surface area contributed by atoms with Gasteiger partial charge in [0, 0.05) is 5.02 Å². The average Bonchev–Trinajstić information content (AvgIpc) is 2.46. The van der Waals surface area contributed by atoms with Crippen molar-refractivity contribution in [1.29, 1.82) is 0 Å². The van der Waals surface area contributed by atoms with Gasteiger partial charge in [0.25, 0.3) is 0 Å². The Labute approximate surface area is 126 Å². The van der Waals surface area contributed by atoms with Crippen LogP contribution < -0.4 is 4.74 Å². The Morgan fingerprint density at radius 1 is 1.29 bits per heavy atom. The lowest BCUT2D eigenvalue weighted by Crippen LogP contribution is -2.15. The van der Waals surface area contributed by atoms with Gasteiger partial charge in [-0.1, -0.05) is 23.7 Å². The van der Waals surface area contributed by atoms with Crippen LogP contribution in [0.2, 0.25) is 5.02 Å². The zero-order chi connectivity index (χ0) is 15.4. The summed E-state index contributed by atoms with van der Waals surface area (Å²) in [6.07, 6.45) is 0.137. The van der Waals surface area contributed by atoms with Crippen LogP contribution >= 0.6 is 11.6 Å². The van der Waals surface area contributed by atoms with E-state index < -0.39 is 17.7 Å². The molecule has 1 atom stereocenters. The molecular weight excluding hydrogens is 295 g/mol. The van der Waals surface area contributed by atoms with E-state index in [9.17, 15) is 14.3 Å². The predicted octanol–water partition coefficient (Wildman–Crippen LogP) is 3.90. The normalized spacial score (nSPS) is 12.0. The van der Waals surface area contributed by atoms with Crippen molar-refractivity contribution in [3.63, 3.8) is 0 Å². The molecule has 0 aromatic heterocycles. The van der Waals surface area contributed by atoms with Crippen molar-refractivity contribution in [3.8, 4) is 5.75 Å². The van der Waals surface area contributed by atoms with Crippen LogP contribution in [0, 0.1) is 5.82 Å². The second-order valence-corrected chi connectivity index (χ2v) is 5.04. The van der Waals surface area contributed by atoms with Gasteiger partial charge < -0.3 is 9.84 Å². The van der Waals surface area contributed by atoms with Gasteiger partial charge in [0.2, 0.25) is 0 Å². The Morgan fingerprint density at radius 3 is 2.52 bits per heavy atom. The first kappa shape index (κ1) is 15.3. The van der Waals surface area contributed by atoms with Gasteiger partial charge in [-0.05, 0) is 47.9 Å². The molecule has 2 aromatic carbocycles. The molecule has 1 unspecified atom stereocenters. The maximum atomic E-state index is 13.4. The van der Waals surface area contributed by atoms with Crippen LogP contribution in [-0.4, -0.2) is 18.2 Å². The van der Waals surface area contributed by atoms with Gasteiger partial charge in [-0.2, -0.15) is 0 Å². The van der Waals surface area contributed by atoms with Crippen LogP contribution in [0.1, 0.15) is 17.0 Å². The van der Waals surface area contributed by atoms with Crippen molar-refractivity contribution >= 4 is 17.6 Å². The number of hydrogen-bond acceptors (Lipinski definition) is 2. The number of aliphatic carboxylic acids is 1. The number of carboxylic acids is 1. The first-order valence-corrected chi connectivity index (χ1v) is 6.69. The lowest BCUT2D eigenvalue weighted by molar-refractivity contribution is -0.138. The molecule has 3 nitrogen and oxygen atoms in total. The number of rotatable bonds is 5. The molecule has 0 amide bonds. The molecule has 0 radical (unpaired) electrons. The number of ether oxygens (including phenoxy) is 1. The van der Waals surface area contributed by atoms with Gasteiger partial charge in [-0.25, -0.2) is 4.39 Å². The Morgan fingerprint density at radius 2 is 1.95 bits per heavy atom. The zero-order valence-electron chi connectivity index (χ0n) is 11.3. The molecule has 5 heteroatoms. The summed E-state index contributed by atoms with van der Waals surface area (Å²) < 4.78 is 18.5. The summed E-state index contributed by atoms with van der Waals surface area (Å²) in [7, 11) is 1.47. The molecule has 0 saturated carbocycles. The fourth-order valence-corrected chi connectivity index (χ4v) is 2.30. The first-order chi connectivity index (χ1) is 10.0. The smallest absolute Gasteiger partial charge is 0.311 e. The summed E-state index contributed by atoms with van der Waals surface area (Å²) in [5.74, 6) is -1.73. The van der Waals surface area contributed by atoms with Crippen molar-refractivity contribution in [2.75, 3.05) is 7.11 Å². The quantitative estimate of drug-likeness (QED) is 0.911. The van der Waals surface area contributed by atoms with E-state index in [1.54, 1.807) is 24.3 Å². The van der Waals surface area contributed by atoms with Crippen molar-refractivity contribution < 1.29 is 19.0 Å². The van der Waals surface area contributed by atoms with Gasteiger partial charge >= 0.3 is 5.97 Å². The first-order valence-electron chi connectivity index (χ1n) is 6.32. The highest BCUT2D eigenvalue weighted by Gasteiger charge is 2.22. The molecule has 0 aliphatic rings. The Hall–Kier alpha value is -2.07. The van der Waals surface area contributed by atoms with E-state index in [4.69, 9.17) is 16.3 Å². The molecule has 0 spiro atoms. The average molecular weight is 309 g/mol. The maximum absolute atomic E-state index is 13.4. The molecule has 0 bridgehead atoms. The number of carbonyl (C=O) groups is 1. The van der Waals surface area contributed by atoms with Crippen LogP contribution in [0.15, 0.2) is 42.5 Å². The van der Waals surface area contributed by atoms with E-state index >= 15 is 0 Å². The number of benzene rings is 2. The van der Waals surface area contributed by atoms with E-state index in [1.807, 2.05) is 0 Å². The molecule has 0 saturated heterocycles. The number of hydrogen-bond donors (Lipinski definition) is 1. The lowest BCUT2D eigenvalue weighted by atomic mass is 9.91. The minimum atomic E-state index is -0.983. The van der Waals surface area contributed by atoms with Crippen molar-refractivity contribution in [2.24, 2.45) is 0 Å². The zero-order valence-corrected chi connectivity index (χ0v) is 12.1. The molecule has 2 aromatic rings. The Balaban J connectivity index is 2.35. The molecule has 21 heavy (non-hydrogen) atoms. The Bertz CT molecular complexity index is 640. The summed E-state index contributed by atoms with van der Waals surface area (Å²) in [6, 6.07) is 10.7. The topological polar surface area (TPSA) is 46.5 Å². The van der Waals surface area contributed by atoms with Gasteiger partial charge in [-0.15, -0.1) is 0 Å². The summed E-state index contributed by atoms with van der Waals surface area (Å²) in [5, 5.41) is 9.96. The molecule has 2 rings (SSSR count). The van der Waals surface area contributed by atoms with Crippen molar-refractivity contribution in [3.05, 3.63) is 64.4 Å². The molecule has 0 aliphatic carbocycles. The molecule has 0 heterocycles. The predicted molar refractivity (Wildman–Crippen MR) is 78.5 cm³/mol. The third-order valence-corrected chi connectivity index (χ3v) is 3.49. The van der Waals surface area contributed by atoms with E-state index in [2.05, 4.69) is 0 Å². The van der Waals surface area contributed by atoms with E-state index in [-0.39, 0.29) is 6.42 Å². The van der Waals surface area contributed by atoms with Crippen LogP contribution in [0.5, 0.6) is 5.75 Å². The summed E-state index contributed by atoms with van der Waals surface area (Å²) in [5.41, 5.74) is 1.12. The lowest BCUT2D eigenvalue weighted by Gasteiger charge is -2.15. The number of methoxy groups -OCH3 is 1. The fraction of sp³-hybridized carbons (Fsp3) is 0.188. The third-order valence-electron chi connectivity index (χ3n) is 3.24.